The lowest BCUT2D eigenvalue weighted by Gasteiger charge is -2.35. The quantitative estimate of drug-likeness (QED) is 0.799. The number of carboxylic acid groups (broad SMARTS) is 1. The third-order valence-corrected chi connectivity index (χ3v) is 3.68. The standard InChI is InChI=1S/C14H20N6O3/c1-10-15-12-3-4-13(17-20(12)16-10)19-5-6-23-11(8-19)7-18(2)9-14(21)22/h3-4,11H,5-9H2,1-2H3,(H,21,22). The van der Waals surface area contributed by atoms with Crippen LogP contribution in [0.1, 0.15) is 5.82 Å². The number of fused-ring (bicyclic) bond motifs is 1. The Morgan fingerprint density at radius 1 is 1.48 bits per heavy atom. The first-order valence-corrected chi connectivity index (χ1v) is 7.49. The molecule has 2 aromatic rings. The van der Waals surface area contributed by atoms with Crippen molar-refractivity contribution in [1.29, 1.82) is 0 Å². The largest absolute Gasteiger partial charge is 0.480 e. The zero-order valence-electron chi connectivity index (χ0n) is 13.2. The molecular formula is C14H20N6O3. The van der Waals surface area contributed by atoms with E-state index in [0.29, 0.717) is 25.5 Å². The molecule has 1 atom stereocenters. The number of aliphatic carboxylic acids is 1. The van der Waals surface area contributed by atoms with Crippen LogP contribution in [-0.2, 0) is 9.53 Å². The number of carboxylic acids is 1. The van der Waals surface area contributed by atoms with Crippen molar-refractivity contribution in [2.75, 3.05) is 44.7 Å². The van der Waals surface area contributed by atoms with Gasteiger partial charge in [0, 0.05) is 19.6 Å². The summed E-state index contributed by atoms with van der Waals surface area (Å²) in [6.07, 6.45) is -0.0527. The number of aryl methyl sites for hydroxylation is 1. The SMILES string of the molecule is Cc1nc2ccc(N3CCOC(CN(C)CC(=O)O)C3)nn2n1. The lowest BCUT2D eigenvalue weighted by Crippen LogP contribution is -2.48. The molecular weight excluding hydrogens is 300 g/mol. The molecule has 1 aliphatic heterocycles. The van der Waals surface area contributed by atoms with Gasteiger partial charge in [0.25, 0.3) is 0 Å². The summed E-state index contributed by atoms with van der Waals surface area (Å²) in [5, 5.41) is 17.5. The maximum absolute atomic E-state index is 10.7. The molecule has 0 saturated carbocycles. The predicted octanol–water partition coefficient (Wildman–Crippen LogP) is -0.346. The van der Waals surface area contributed by atoms with Gasteiger partial charge >= 0.3 is 5.97 Å². The summed E-state index contributed by atoms with van der Waals surface area (Å²) in [6.45, 7) is 4.39. The second-order valence-corrected chi connectivity index (χ2v) is 5.73. The van der Waals surface area contributed by atoms with Crippen molar-refractivity contribution in [1.82, 2.24) is 24.7 Å². The van der Waals surface area contributed by atoms with E-state index in [1.165, 1.54) is 4.63 Å². The molecule has 1 saturated heterocycles. The zero-order chi connectivity index (χ0) is 16.4. The Labute approximate surface area is 133 Å². The smallest absolute Gasteiger partial charge is 0.317 e. The molecule has 3 heterocycles. The van der Waals surface area contributed by atoms with Gasteiger partial charge < -0.3 is 14.7 Å². The Morgan fingerprint density at radius 2 is 2.30 bits per heavy atom. The molecule has 9 nitrogen and oxygen atoms in total. The van der Waals surface area contributed by atoms with E-state index in [4.69, 9.17) is 9.84 Å². The van der Waals surface area contributed by atoms with Crippen LogP contribution in [0.25, 0.3) is 5.65 Å². The highest BCUT2D eigenvalue weighted by molar-refractivity contribution is 5.69. The molecule has 23 heavy (non-hydrogen) atoms. The fraction of sp³-hybridized carbons (Fsp3) is 0.571. The number of ether oxygens (including phenoxy) is 1. The normalized spacial score (nSPS) is 18.7. The molecule has 1 N–H and O–H groups in total. The van der Waals surface area contributed by atoms with Gasteiger partial charge in [-0.3, -0.25) is 9.69 Å². The Morgan fingerprint density at radius 3 is 3.09 bits per heavy atom. The molecule has 1 aliphatic rings. The average Bonchev–Trinajstić information content (AvgIpc) is 2.85. The maximum atomic E-state index is 10.7. The average molecular weight is 320 g/mol. The van der Waals surface area contributed by atoms with Gasteiger partial charge in [-0.25, -0.2) is 4.98 Å². The van der Waals surface area contributed by atoms with Crippen LogP contribution < -0.4 is 4.90 Å². The molecule has 1 fully saturated rings. The van der Waals surface area contributed by atoms with Crippen LogP contribution >= 0.6 is 0 Å². The Kier molecular flexibility index (Phi) is 4.39. The molecule has 0 amide bonds. The summed E-state index contributed by atoms with van der Waals surface area (Å²) < 4.78 is 7.27. The van der Waals surface area contributed by atoms with Gasteiger partial charge in [-0.2, -0.15) is 0 Å². The molecule has 0 aliphatic carbocycles. The van der Waals surface area contributed by atoms with Crippen molar-refractivity contribution in [2.24, 2.45) is 0 Å². The number of rotatable bonds is 5. The van der Waals surface area contributed by atoms with E-state index in [-0.39, 0.29) is 12.6 Å². The first-order chi connectivity index (χ1) is 11.0. The first-order valence-electron chi connectivity index (χ1n) is 7.49. The summed E-state index contributed by atoms with van der Waals surface area (Å²) in [4.78, 5) is 18.9. The van der Waals surface area contributed by atoms with E-state index in [0.717, 1.165) is 18.0 Å². The summed E-state index contributed by atoms with van der Waals surface area (Å²) in [6, 6.07) is 3.82. The first kappa shape index (κ1) is 15.6. The highest BCUT2D eigenvalue weighted by Crippen LogP contribution is 2.16. The maximum Gasteiger partial charge on any atom is 0.317 e. The van der Waals surface area contributed by atoms with Crippen LogP contribution in [-0.4, -0.2) is 81.7 Å². The van der Waals surface area contributed by atoms with Crippen molar-refractivity contribution in [3.05, 3.63) is 18.0 Å². The third kappa shape index (κ3) is 3.74. The van der Waals surface area contributed by atoms with Gasteiger partial charge in [0.1, 0.15) is 5.82 Å². The molecule has 3 rings (SSSR count). The number of hydrogen-bond acceptors (Lipinski definition) is 7. The highest BCUT2D eigenvalue weighted by Gasteiger charge is 2.23. The van der Waals surface area contributed by atoms with Crippen molar-refractivity contribution in [3.8, 4) is 0 Å². The summed E-state index contributed by atoms with van der Waals surface area (Å²) >= 11 is 0. The molecule has 124 valence electrons. The van der Waals surface area contributed by atoms with Gasteiger partial charge in [0.15, 0.2) is 11.5 Å². The van der Waals surface area contributed by atoms with Gasteiger partial charge in [0.05, 0.1) is 19.3 Å². The molecule has 0 spiro atoms. The van der Waals surface area contributed by atoms with E-state index in [1.54, 1.807) is 11.9 Å². The molecule has 2 aromatic heterocycles. The monoisotopic (exact) mass is 320 g/mol. The molecule has 9 heteroatoms. The van der Waals surface area contributed by atoms with Crippen molar-refractivity contribution in [3.63, 3.8) is 0 Å². The molecule has 1 unspecified atom stereocenters. The summed E-state index contributed by atoms with van der Waals surface area (Å²) in [7, 11) is 1.78. The minimum absolute atomic E-state index is 0.00228. The van der Waals surface area contributed by atoms with Crippen LogP contribution in [0.15, 0.2) is 12.1 Å². The lowest BCUT2D eigenvalue weighted by molar-refractivity contribution is -0.138. The van der Waals surface area contributed by atoms with Gasteiger partial charge in [-0.15, -0.1) is 14.8 Å². The predicted molar refractivity (Wildman–Crippen MR) is 82.6 cm³/mol. The van der Waals surface area contributed by atoms with Gasteiger partial charge in [-0.1, -0.05) is 0 Å². The fourth-order valence-electron chi connectivity index (χ4n) is 2.73. The second-order valence-electron chi connectivity index (χ2n) is 5.73. The number of carbonyl (C=O) groups is 1. The fourth-order valence-corrected chi connectivity index (χ4v) is 2.73. The second kappa shape index (κ2) is 6.47. The van der Waals surface area contributed by atoms with Crippen LogP contribution in [0.4, 0.5) is 5.82 Å². The van der Waals surface area contributed by atoms with Crippen molar-refractivity contribution >= 4 is 17.4 Å². The Bertz CT molecular complexity index is 703. The highest BCUT2D eigenvalue weighted by atomic mass is 16.5. The summed E-state index contributed by atoms with van der Waals surface area (Å²) in [5.74, 6) is 0.662. The minimum Gasteiger partial charge on any atom is -0.480 e. The number of morpholine rings is 1. The third-order valence-electron chi connectivity index (χ3n) is 3.68. The molecule has 0 radical (unpaired) electrons. The molecule has 0 bridgehead atoms. The van der Waals surface area contributed by atoms with Crippen molar-refractivity contribution < 1.29 is 14.6 Å². The summed E-state index contributed by atoms with van der Waals surface area (Å²) in [5.41, 5.74) is 0.720. The number of nitrogens with zero attached hydrogens (tertiary/aromatic N) is 6. The minimum atomic E-state index is -0.839. The van der Waals surface area contributed by atoms with Crippen LogP contribution in [0.3, 0.4) is 0 Å². The van der Waals surface area contributed by atoms with Gasteiger partial charge in [0.2, 0.25) is 0 Å². The number of hydrogen-bond donors (Lipinski definition) is 1. The Hall–Kier alpha value is -2.26. The van der Waals surface area contributed by atoms with E-state index in [9.17, 15) is 4.79 Å². The van der Waals surface area contributed by atoms with E-state index >= 15 is 0 Å². The topological polar surface area (TPSA) is 96.1 Å². The number of anilines is 1. The number of aromatic nitrogens is 4. The zero-order valence-corrected chi connectivity index (χ0v) is 13.2. The van der Waals surface area contributed by atoms with Gasteiger partial charge in [-0.05, 0) is 26.1 Å². The van der Waals surface area contributed by atoms with Crippen LogP contribution in [0, 0.1) is 6.92 Å². The number of likely N-dealkylation sites (N-methyl/N-ethyl adjacent to an activating group) is 1. The van der Waals surface area contributed by atoms with E-state index < -0.39 is 5.97 Å². The Balaban J connectivity index is 1.68. The van der Waals surface area contributed by atoms with E-state index in [1.807, 2.05) is 19.1 Å². The van der Waals surface area contributed by atoms with Crippen molar-refractivity contribution in [2.45, 2.75) is 13.0 Å². The van der Waals surface area contributed by atoms with Crippen LogP contribution in [0.5, 0.6) is 0 Å². The van der Waals surface area contributed by atoms with E-state index in [2.05, 4.69) is 20.1 Å². The molecule has 0 aromatic carbocycles. The lowest BCUT2D eigenvalue weighted by atomic mass is 10.2. The van der Waals surface area contributed by atoms with Crippen LogP contribution in [0.2, 0.25) is 0 Å².